The molecule has 16 nitrogen and oxygen atoms in total. The van der Waals surface area contributed by atoms with Gasteiger partial charge in [0.1, 0.15) is 6.33 Å². The molecule has 1 heterocycles. The molecule has 0 radical (unpaired) electrons. The first-order valence-electron chi connectivity index (χ1n) is 15.5. The van der Waals surface area contributed by atoms with Gasteiger partial charge < -0.3 is 16.4 Å². The second-order valence-electron chi connectivity index (χ2n) is 10.3. The number of nitrogens with zero attached hydrogens (tertiary/aromatic N) is 5. The minimum atomic E-state index is -0.548. The summed E-state index contributed by atoms with van der Waals surface area (Å²) in [5.74, 6) is -2.05. The van der Waals surface area contributed by atoms with E-state index in [1.807, 2.05) is 0 Å². The van der Waals surface area contributed by atoms with Crippen LogP contribution in [0.4, 0.5) is 0 Å². The van der Waals surface area contributed by atoms with Gasteiger partial charge in [-0.1, -0.05) is 6.42 Å². The number of carbonyl (C=O) groups is 5. The molecule has 0 saturated heterocycles. The van der Waals surface area contributed by atoms with E-state index in [0.717, 1.165) is 19.3 Å². The van der Waals surface area contributed by atoms with E-state index in [-0.39, 0.29) is 57.1 Å². The van der Waals surface area contributed by atoms with Gasteiger partial charge in [0.05, 0.1) is 0 Å². The summed E-state index contributed by atoms with van der Waals surface area (Å²) < 4.78 is 0. The van der Waals surface area contributed by atoms with Crippen molar-refractivity contribution in [2.45, 2.75) is 90.4 Å². The fraction of sp³-hybridized carbons (Fsp3) is 0.690. The van der Waals surface area contributed by atoms with Gasteiger partial charge in [0.25, 0.3) is 0 Å². The normalized spacial score (nSPS) is 10.2. The molecule has 1 aromatic heterocycles. The quantitative estimate of drug-likeness (QED) is 0.0568. The van der Waals surface area contributed by atoms with Crippen molar-refractivity contribution in [3.63, 3.8) is 0 Å². The Bertz CT molecular complexity index is 931. The average molecular weight is 641 g/mol. The zero-order valence-electron chi connectivity index (χ0n) is 26.4. The fourth-order valence-electron chi connectivity index (χ4n) is 3.70. The fourth-order valence-corrected chi connectivity index (χ4v) is 3.70. The molecule has 256 valence electrons. The van der Waals surface area contributed by atoms with Crippen molar-refractivity contribution in [1.29, 1.82) is 0 Å². The molecule has 0 aliphatic heterocycles. The number of hydrogen-bond donors (Lipinski definition) is 6. The van der Waals surface area contributed by atoms with E-state index in [0.29, 0.717) is 73.3 Å². The minimum Gasteiger partial charge on any atom is -0.356 e. The monoisotopic (exact) mass is 640 g/mol. The molecular weight excluding hydrogens is 588 g/mol. The lowest BCUT2D eigenvalue weighted by molar-refractivity contribution is -0.166. The van der Waals surface area contributed by atoms with Gasteiger partial charge in [0, 0.05) is 77.7 Å². The maximum absolute atomic E-state index is 12.0. The molecule has 0 fully saturated rings. The second-order valence-corrected chi connectivity index (χ2v) is 10.3. The van der Waals surface area contributed by atoms with Crippen LogP contribution in [0.1, 0.15) is 90.4 Å². The van der Waals surface area contributed by atoms with Gasteiger partial charge in [-0.2, -0.15) is 0 Å². The molecule has 16 heteroatoms. The lowest BCUT2D eigenvalue weighted by Gasteiger charge is -2.15. The number of hydroxylamine groups is 6. The van der Waals surface area contributed by atoms with Crippen LogP contribution in [0.15, 0.2) is 24.8 Å². The van der Waals surface area contributed by atoms with Gasteiger partial charge in [0.2, 0.25) is 29.5 Å². The van der Waals surface area contributed by atoms with Crippen molar-refractivity contribution in [3.05, 3.63) is 24.8 Å². The highest BCUT2D eigenvalue weighted by Crippen LogP contribution is 2.03. The Morgan fingerprint density at radius 3 is 1.40 bits per heavy atom. The first kappa shape index (κ1) is 41.3. The number of carbonyl (C=O) groups excluding carboxylic acids is 5. The van der Waals surface area contributed by atoms with E-state index in [4.69, 9.17) is 5.73 Å². The molecule has 1 rings (SSSR count). The third kappa shape index (κ3) is 25.3. The van der Waals surface area contributed by atoms with Crippen molar-refractivity contribution in [2.24, 2.45) is 5.73 Å². The summed E-state index contributed by atoms with van der Waals surface area (Å²) in [6.07, 6.45) is 10.7. The second kappa shape index (κ2) is 27.8. The standard InChI is InChI=1S/C25H48N6O8.C4H4N2/c1-21(32)29(37)18-9-3-6-16-27-22(33)12-14-25(36)31(39)20-10-4-7-17-28-23(34)11-13-24(35)30(38)19-8-2-5-15-26;1-2-5-4-6-3-1/h37-39H,2-20,26H2,1H3,(H,27,33)(H,28,34);1-4H. The molecule has 5 amide bonds. The number of hydrogen-bond acceptors (Lipinski definition) is 11. The summed E-state index contributed by atoms with van der Waals surface area (Å²) in [4.78, 5) is 65.7. The molecular formula is C29H52N8O8. The van der Waals surface area contributed by atoms with Gasteiger partial charge in [-0.3, -0.25) is 39.6 Å². The number of nitrogens with one attached hydrogen (secondary N) is 2. The minimum absolute atomic E-state index is 0.0191. The predicted octanol–water partition coefficient (Wildman–Crippen LogP) is 1.40. The highest BCUT2D eigenvalue weighted by molar-refractivity contribution is 5.83. The number of rotatable bonds is 23. The Kier molecular flexibility index (Phi) is 25.5. The Morgan fingerprint density at radius 2 is 1.04 bits per heavy atom. The van der Waals surface area contributed by atoms with Crippen LogP contribution in [0.25, 0.3) is 0 Å². The lowest BCUT2D eigenvalue weighted by Crippen LogP contribution is -2.31. The van der Waals surface area contributed by atoms with E-state index in [1.54, 1.807) is 18.5 Å². The van der Waals surface area contributed by atoms with Crippen LogP contribution in [0.2, 0.25) is 0 Å². The van der Waals surface area contributed by atoms with Crippen LogP contribution in [0, 0.1) is 0 Å². The zero-order chi connectivity index (χ0) is 33.7. The van der Waals surface area contributed by atoms with Crippen LogP contribution in [0.5, 0.6) is 0 Å². The lowest BCUT2D eigenvalue weighted by atomic mass is 10.2. The summed E-state index contributed by atoms with van der Waals surface area (Å²) in [6.45, 7) is 3.22. The van der Waals surface area contributed by atoms with E-state index in [2.05, 4.69) is 20.6 Å². The SMILES string of the molecule is CC(=O)N(O)CCCCCNC(=O)CCC(=O)N(O)CCCCCNC(=O)CCC(=O)N(O)CCCCCN.c1cncnc1. The number of amides is 5. The Labute approximate surface area is 265 Å². The third-order valence-electron chi connectivity index (χ3n) is 6.36. The largest absolute Gasteiger partial charge is 0.356 e. The molecule has 0 unspecified atom stereocenters. The summed E-state index contributed by atoms with van der Waals surface area (Å²) in [5, 5.41) is 36.1. The Hall–Kier alpha value is -3.73. The van der Waals surface area contributed by atoms with Gasteiger partial charge in [-0.25, -0.2) is 25.2 Å². The maximum atomic E-state index is 12.0. The van der Waals surface area contributed by atoms with Crippen molar-refractivity contribution >= 4 is 29.5 Å². The number of unbranched alkanes of at least 4 members (excludes halogenated alkanes) is 6. The van der Waals surface area contributed by atoms with Crippen LogP contribution >= 0.6 is 0 Å². The van der Waals surface area contributed by atoms with Crippen molar-refractivity contribution < 1.29 is 39.6 Å². The van der Waals surface area contributed by atoms with E-state index in [9.17, 15) is 39.6 Å². The van der Waals surface area contributed by atoms with E-state index >= 15 is 0 Å². The highest BCUT2D eigenvalue weighted by Gasteiger charge is 2.14. The smallest absolute Gasteiger partial charge is 0.246 e. The summed E-state index contributed by atoms with van der Waals surface area (Å²) >= 11 is 0. The highest BCUT2D eigenvalue weighted by atomic mass is 16.5. The first-order valence-corrected chi connectivity index (χ1v) is 15.5. The van der Waals surface area contributed by atoms with Gasteiger partial charge >= 0.3 is 0 Å². The Morgan fingerprint density at radius 1 is 0.622 bits per heavy atom. The number of nitrogens with two attached hydrogens (primary N) is 1. The molecule has 0 aliphatic carbocycles. The topological polar surface area (TPSA) is 232 Å². The van der Waals surface area contributed by atoms with Crippen molar-refractivity contribution in [3.8, 4) is 0 Å². The molecule has 45 heavy (non-hydrogen) atoms. The molecule has 0 aliphatic rings. The molecule has 7 N–H and O–H groups in total. The summed E-state index contributed by atoms with van der Waals surface area (Å²) in [5.41, 5.74) is 5.39. The predicted molar refractivity (Wildman–Crippen MR) is 163 cm³/mol. The molecule has 0 saturated carbocycles. The van der Waals surface area contributed by atoms with Crippen LogP contribution in [-0.2, 0) is 24.0 Å². The summed E-state index contributed by atoms with van der Waals surface area (Å²) in [7, 11) is 0. The molecule has 0 spiro atoms. The Balaban J connectivity index is 0.00000285. The van der Waals surface area contributed by atoms with Crippen LogP contribution in [-0.4, -0.2) is 110 Å². The molecule has 1 aromatic rings. The van der Waals surface area contributed by atoms with E-state index in [1.165, 1.54) is 13.3 Å². The molecule has 0 bridgehead atoms. The molecule has 0 aromatic carbocycles. The van der Waals surface area contributed by atoms with Crippen molar-refractivity contribution in [1.82, 2.24) is 35.8 Å². The van der Waals surface area contributed by atoms with Gasteiger partial charge in [0.15, 0.2) is 0 Å². The van der Waals surface area contributed by atoms with Crippen LogP contribution < -0.4 is 16.4 Å². The maximum Gasteiger partial charge on any atom is 0.246 e. The van der Waals surface area contributed by atoms with Gasteiger partial charge in [-0.05, 0) is 64.0 Å². The van der Waals surface area contributed by atoms with Gasteiger partial charge in [-0.15, -0.1) is 0 Å². The van der Waals surface area contributed by atoms with Crippen LogP contribution in [0.3, 0.4) is 0 Å². The number of aromatic nitrogens is 2. The zero-order valence-corrected chi connectivity index (χ0v) is 26.4. The van der Waals surface area contributed by atoms with E-state index < -0.39 is 17.7 Å². The first-order chi connectivity index (χ1) is 21.6. The third-order valence-corrected chi connectivity index (χ3v) is 6.36. The van der Waals surface area contributed by atoms with Crippen molar-refractivity contribution in [2.75, 3.05) is 39.3 Å². The summed E-state index contributed by atoms with van der Waals surface area (Å²) in [6, 6.07) is 1.78. The average Bonchev–Trinajstić information content (AvgIpc) is 3.04. The molecule has 0 atom stereocenters.